The predicted octanol–water partition coefficient (Wildman–Crippen LogP) is 2.32. The maximum absolute atomic E-state index is 12.5. The molecular formula is C16H16O4. The molecule has 20 heavy (non-hydrogen) atoms. The molecule has 0 amide bonds. The number of aryl methyl sites for hydroxylation is 2. The fraction of sp³-hybridized carbons (Fsp3) is 0.312. The minimum atomic E-state index is -1.35. The highest BCUT2D eigenvalue weighted by atomic mass is 16.5. The van der Waals surface area contributed by atoms with Gasteiger partial charge < -0.3 is 14.3 Å². The van der Waals surface area contributed by atoms with Gasteiger partial charge in [0, 0.05) is 23.8 Å². The highest BCUT2D eigenvalue weighted by molar-refractivity contribution is 6.11. The summed E-state index contributed by atoms with van der Waals surface area (Å²) in [5, 5.41) is 11.2. The molecule has 0 radical (unpaired) electrons. The zero-order valence-corrected chi connectivity index (χ0v) is 11.7. The molecule has 4 heteroatoms. The Morgan fingerprint density at radius 3 is 2.70 bits per heavy atom. The molecule has 1 heterocycles. The van der Waals surface area contributed by atoms with Crippen LogP contribution in [-0.2, 0) is 10.3 Å². The zero-order chi connectivity index (χ0) is 14.5. The average Bonchev–Trinajstić information content (AvgIpc) is 2.79. The zero-order valence-electron chi connectivity index (χ0n) is 11.7. The Morgan fingerprint density at radius 2 is 2.00 bits per heavy atom. The van der Waals surface area contributed by atoms with Crippen molar-refractivity contribution in [3.8, 4) is 0 Å². The number of rotatable bonds is 2. The number of furan rings is 1. The molecule has 0 spiro atoms. The quantitative estimate of drug-likeness (QED) is 0.911. The molecule has 0 bridgehead atoms. The fourth-order valence-corrected chi connectivity index (χ4v) is 3.13. The lowest BCUT2D eigenvalue weighted by molar-refractivity contribution is -0.00712. The number of carbonyl (C=O) groups is 1. The summed E-state index contributed by atoms with van der Waals surface area (Å²) in [5.74, 6) is 0.0210. The van der Waals surface area contributed by atoms with E-state index in [-0.39, 0.29) is 18.2 Å². The molecule has 1 N–H and O–H groups in total. The second-order valence-corrected chi connectivity index (χ2v) is 5.24. The number of benzene rings is 1. The maximum Gasteiger partial charge on any atom is 0.229 e. The van der Waals surface area contributed by atoms with E-state index >= 15 is 0 Å². The normalized spacial score (nSPS) is 20.7. The molecule has 1 aliphatic rings. The van der Waals surface area contributed by atoms with Gasteiger partial charge in [0.15, 0.2) is 5.76 Å². The van der Waals surface area contributed by atoms with Crippen LogP contribution in [0.15, 0.2) is 28.9 Å². The van der Waals surface area contributed by atoms with Crippen molar-refractivity contribution in [1.82, 2.24) is 0 Å². The highest BCUT2D eigenvalue weighted by Gasteiger charge is 2.46. The van der Waals surface area contributed by atoms with E-state index in [2.05, 4.69) is 0 Å². The molecule has 0 saturated carbocycles. The summed E-state index contributed by atoms with van der Waals surface area (Å²) in [6.45, 7) is 3.78. The van der Waals surface area contributed by atoms with Crippen LogP contribution in [0.4, 0.5) is 0 Å². The van der Waals surface area contributed by atoms with Gasteiger partial charge >= 0.3 is 0 Å². The molecule has 1 aliphatic carbocycles. The molecule has 2 aromatic rings. The number of aliphatic hydroxyl groups is 1. The van der Waals surface area contributed by atoms with Crippen LogP contribution in [0.2, 0.25) is 0 Å². The number of hydrogen-bond acceptors (Lipinski definition) is 4. The van der Waals surface area contributed by atoms with Crippen LogP contribution >= 0.6 is 0 Å². The van der Waals surface area contributed by atoms with Crippen molar-refractivity contribution in [2.45, 2.75) is 19.4 Å². The number of carbonyl (C=O) groups excluding carboxylic acids is 1. The summed E-state index contributed by atoms with van der Waals surface area (Å²) < 4.78 is 10.6. The van der Waals surface area contributed by atoms with Crippen LogP contribution in [0.5, 0.6) is 0 Å². The smallest absolute Gasteiger partial charge is 0.229 e. The van der Waals surface area contributed by atoms with Crippen LogP contribution in [0.3, 0.4) is 0 Å². The maximum atomic E-state index is 12.5. The standard InChI is InChI=1S/C16H16O4/c1-9-5-4-6-11-12(9)16(18,8-19-3)13-10(2)7-20-15(13)14(11)17/h4-7,18H,8H2,1-3H3/t16-/m1/s1. The second-order valence-electron chi connectivity index (χ2n) is 5.24. The summed E-state index contributed by atoms with van der Waals surface area (Å²) in [6, 6.07) is 5.40. The highest BCUT2D eigenvalue weighted by Crippen LogP contribution is 2.43. The van der Waals surface area contributed by atoms with Gasteiger partial charge in [-0.2, -0.15) is 0 Å². The van der Waals surface area contributed by atoms with Crippen molar-refractivity contribution in [2.24, 2.45) is 0 Å². The Labute approximate surface area is 117 Å². The fourth-order valence-electron chi connectivity index (χ4n) is 3.13. The van der Waals surface area contributed by atoms with Gasteiger partial charge in [-0.15, -0.1) is 0 Å². The molecule has 0 unspecified atom stereocenters. The van der Waals surface area contributed by atoms with E-state index in [9.17, 15) is 9.90 Å². The first-order valence-electron chi connectivity index (χ1n) is 6.45. The van der Waals surface area contributed by atoms with E-state index in [1.54, 1.807) is 12.1 Å². The molecule has 0 aliphatic heterocycles. The third-order valence-corrected chi connectivity index (χ3v) is 3.88. The topological polar surface area (TPSA) is 59.7 Å². The van der Waals surface area contributed by atoms with Crippen molar-refractivity contribution in [3.63, 3.8) is 0 Å². The van der Waals surface area contributed by atoms with Crippen LogP contribution < -0.4 is 0 Å². The van der Waals surface area contributed by atoms with E-state index < -0.39 is 5.60 Å². The number of ketones is 1. The monoisotopic (exact) mass is 272 g/mol. The molecular weight excluding hydrogens is 256 g/mol. The lowest BCUT2D eigenvalue weighted by Gasteiger charge is -2.34. The van der Waals surface area contributed by atoms with Gasteiger partial charge in [0.25, 0.3) is 0 Å². The first kappa shape index (κ1) is 13.1. The van der Waals surface area contributed by atoms with Gasteiger partial charge in [-0.05, 0) is 25.0 Å². The van der Waals surface area contributed by atoms with Crippen molar-refractivity contribution in [2.75, 3.05) is 13.7 Å². The number of ether oxygens (including phenoxy) is 1. The Hall–Kier alpha value is -1.91. The lowest BCUT2D eigenvalue weighted by atomic mass is 9.74. The van der Waals surface area contributed by atoms with Crippen molar-refractivity contribution in [3.05, 3.63) is 58.0 Å². The summed E-state index contributed by atoms with van der Waals surface area (Å²) in [7, 11) is 1.53. The average molecular weight is 272 g/mol. The van der Waals surface area contributed by atoms with Crippen LogP contribution in [-0.4, -0.2) is 24.6 Å². The summed E-state index contributed by atoms with van der Waals surface area (Å²) >= 11 is 0. The summed E-state index contributed by atoms with van der Waals surface area (Å²) in [4.78, 5) is 12.5. The summed E-state index contributed by atoms with van der Waals surface area (Å²) in [6.07, 6.45) is 1.50. The molecule has 3 rings (SSSR count). The predicted molar refractivity (Wildman–Crippen MR) is 72.9 cm³/mol. The minimum absolute atomic E-state index is 0.0749. The molecule has 1 aromatic heterocycles. The van der Waals surface area contributed by atoms with Crippen molar-refractivity contribution >= 4 is 5.78 Å². The lowest BCUT2D eigenvalue weighted by Crippen LogP contribution is -2.40. The van der Waals surface area contributed by atoms with E-state index in [1.165, 1.54) is 13.4 Å². The largest absolute Gasteiger partial charge is 0.460 e. The minimum Gasteiger partial charge on any atom is -0.460 e. The van der Waals surface area contributed by atoms with Crippen molar-refractivity contribution < 1.29 is 19.1 Å². The third kappa shape index (κ3) is 1.52. The molecule has 1 aromatic carbocycles. The SMILES string of the molecule is COC[C@@]1(O)c2c(C)cccc2C(=O)c2occ(C)c21. The van der Waals surface area contributed by atoms with E-state index in [1.807, 2.05) is 19.9 Å². The van der Waals surface area contributed by atoms with E-state index in [0.717, 1.165) is 11.1 Å². The Balaban J connectivity index is 2.39. The third-order valence-electron chi connectivity index (χ3n) is 3.88. The van der Waals surface area contributed by atoms with Gasteiger partial charge in [-0.25, -0.2) is 0 Å². The van der Waals surface area contributed by atoms with Gasteiger partial charge in [0.1, 0.15) is 5.60 Å². The van der Waals surface area contributed by atoms with E-state index in [0.29, 0.717) is 16.7 Å². The second kappa shape index (κ2) is 4.30. The van der Waals surface area contributed by atoms with Crippen molar-refractivity contribution in [1.29, 1.82) is 0 Å². The molecule has 0 fully saturated rings. The van der Waals surface area contributed by atoms with Crippen LogP contribution in [0.25, 0.3) is 0 Å². The first-order chi connectivity index (χ1) is 9.50. The molecule has 4 nitrogen and oxygen atoms in total. The Morgan fingerprint density at radius 1 is 1.25 bits per heavy atom. The summed E-state index contributed by atoms with van der Waals surface area (Å²) in [5.41, 5.74) is 1.88. The van der Waals surface area contributed by atoms with Gasteiger partial charge in [0.2, 0.25) is 5.78 Å². The first-order valence-corrected chi connectivity index (χ1v) is 6.45. The Kier molecular flexibility index (Phi) is 2.81. The van der Waals surface area contributed by atoms with Crippen LogP contribution in [0, 0.1) is 13.8 Å². The molecule has 1 atom stereocenters. The van der Waals surface area contributed by atoms with Crippen LogP contribution in [0.1, 0.15) is 38.4 Å². The van der Waals surface area contributed by atoms with Gasteiger partial charge in [-0.1, -0.05) is 18.2 Å². The molecule has 104 valence electrons. The van der Waals surface area contributed by atoms with E-state index in [4.69, 9.17) is 9.15 Å². The number of fused-ring (bicyclic) bond motifs is 2. The van der Waals surface area contributed by atoms with Gasteiger partial charge in [-0.3, -0.25) is 4.79 Å². The Bertz CT molecular complexity index is 698. The number of methoxy groups -OCH3 is 1. The number of hydrogen-bond donors (Lipinski definition) is 1. The molecule has 0 saturated heterocycles. The van der Waals surface area contributed by atoms with Gasteiger partial charge in [0.05, 0.1) is 12.9 Å².